The summed E-state index contributed by atoms with van der Waals surface area (Å²) < 4.78 is 41.4. The van der Waals surface area contributed by atoms with Gasteiger partial charge in [0, 0.05) is 15.6 Å². The van der Waals surface area contributed by atoms with E-state index in [1.54, 1.807) is 30.7 Å². The van der Waals surface area contributed by atoms with Gasteiger partial charge in [-0.1, -0.05) is 31.7 Å². The minimum Gasteiger partial charge on any atom is -0.310 e. The van der Waals surface area contributed by atoms with Crippen molar-refractivity contribution in [3.8, 4) is 0 Å². The fraction of sp³-hybridized carbons (Fsp3) is 0.429. The molecule has 1 saturated carbocycles. The Morgan fingerprint density at radius 2 is 2.00 bits per heavy atom. The number of carbonyl (C=O) groups excluding carboxylic acids is 1. The maximum atomic E-state index is 13.5. The van der Waals surface area contributed by atoms with Crippen LogP contribution in [-0.4, -0.2) is 17.1 Å². The molecular formula is C21H22BrF3N2OS. The molecule has 1 atom stereocenters. The van der Waals surface area contributed by atoms with Gasteiger partial charge in [0.2, 0.25) is 5.91 Å². The Morgan fingerprint density at radius 1 is 1.28 bits per heavy atom. The van der Waals surface area contributed by atoms with Crippen LogP contribution in [0.25, 0.3) is 0 Å². The highest BCUT2D eigenvalue weighted by molar-refractivity contribution is 9.10. The van der Waals surface area contributed by atoms with Crippen LogP contribution in [-0.2, 0) is 11.0 Å². The molecule has 1 fully saturated rings. The number of hydrogen-bond acceptors (Lipinski definition) is 3. The standard InChI is InChI=1S/C21H22BrF3N2OS/c1-29-18-8-6-14(11-17(18)21(23,24)25)16(10-13-4-2-3-5-13)20(28)27-19-9-7-15(22)12-26-19/h6-9,11-13,16H,2-5,10H2,1H3,(H,26,27,28). The first-order valence-electron chi connectivity index (χ1n) is 9.45. The molecule has 1 aliphatic rings. The molecule has 0 radical (unpaired) electrons. The van der Waals surface area contributed by atoms with Crippen LogP contribution in [0.15, 0.2) is 45.9 Å². The van der Waals surface area contributed by atoms with Crippen molar-refractivity contribution < 1.29 is 18.0 Å². The summed E-state index contributed by atoms with van der Waals surface area (Å²) in [6.07, 6.45) is 3.49. The number of pyridine rings is 1. The molecule has 8 heteroatoms. The highest BCUT2D eigenvalue weighted by Crippen LogP contribution is 2.40. The zero-order valence-corrected chi connectivity index (χ0v) is 18.3. The molecule has 0 spiro atoms. The van der Waals surface area contributed by atoms with Gasteiger partial charge in [-0.3, -0.25) is 4.79 Å². The Labute approximate surface area is 181 Å². The number of nitrogens with one attached hydrogen (secondary N) is 1. The monoisotopic (exact) mass is 486 g/mol. The summed E-state index contributed by atoms with van der Waals surface area (Å²) in [5.74, 6) is -0.248. The third-order valence-corrected chi connectivity index (χ3v) is 6.54. The highest BCUT2D eigenvalue weighted by Gasteiger charge is 2.35. The highest BCUT2D eigenvalue weighted by atomic mass is 79.9. The number of carbonyl (C=O) groups is 1. The first kappa shape index (κ1) is 22.2. The molecule has 0 aliphatic heterocycles. The Kier molecular flexibility index (Phi) is 7.27. The predicted molar refractivity (Wildman–Crippen MR) is 113 cm³/mol. The van der Waals surface area contributed by atoms with Gasteiger partial charge in [-0.05, 0) is 64.4 Å². The number of aromatic nitrogens is 1. The third kappa shape index (κ3) is 5.75. The summed E-state index contributed by atoms with van der Waals surface area (Å²) in [5, 5.41) is 2.77. The number of benzene rings is 1. The van der Waals surface area contributed by atoms with E-state index in [2.05, 4.69) is 26.2 Å². The lowest BCUT2D eigenvalue weighted by Crippen LogP contribution is -2.24. The van der Waals surface area contributed by atoms with Gasteiger partial charge in [0.25, 0.3) is 0 Å². The molecule has 156 valence electrons. The lowest BCUT2D eigenvalue weighted by molar-refractivity contribution is -0.139. The van der Waals surface area contributed by atoms with Crippen LogP contribution < -0.4 is 5.32 Å². The van der Waals surface area contributed by atoms with E-state index in [0.29, 0.717) is 23.7 Å². The van der Waals surface area contributed by atoms with Gasteiger partial charge in [0.05, 0.1) is 11.5 Å². The van der Waals surface area contributed by atoms with Crippen molar-refractivity contribution in [3.63, 3.8) is 0 Å². The number of halogens is 4. The molecule has 1 unspecified atom stereocenters. The number of rotatable bonds is 6. The Balaban J connectivity index is 1.92. The zero-order valence-electron chi connectivity index (χ0n) is 15.9. The summed E-state index contributed by atoms with van der Waals surface area (Å²) in [6, 6.07) is 7.67. The van der Waals surface area contributed by atoms with Crippen LogP contribution in [0.3, 0.4) is 0 Å². The van der Waals surface area contributed by atoms with Gasteiger partial charge < -0.3 is 5.32 Å². The number of amides is 1. The number of alkyl halides is 3. The minimum absolute atomic E-state index is 0.163. The first-order chi connectivity index (χ1) is 13.8. The quantitative estimate of drug-likeness (QED) is 0.452. The third-order valence-electron chi connectivity index (χ3n) is 5.27. The predicted octanol–water partition coefficient (Wildman–Crippen LogP) is 6.89. The largest absolute Gasteiger partial charge is 0.417 e. The number of anilines is 1. The lowest BCUT2D eigenvalue weighted by atomic mass is 9.86. The summed E-state index contributed by atoms with van der Waals surface area (Å²) in [5.41, 5.74) is -0.287. The second-order valence-electron chi connectivity index (χ2n) is 7.25. The van der Waals surface area contributed by atoms with Crippen LogP contribution >= 0.6 is 27.7 Å². The second-order valence-corrected chi connectivity index (χ2v) is 9.01. The van der Waals surface area contributed by atoms with Crippen molar-refractivity contribution in [1.29, 1.82) is 0 Å². The van der Waals surface area contributed by atoms with E-state index in [-0.39, 0.29) is 10.8 Å². The molecule has 0 saturated heterocycles. The van der Waals surface area contributed by atoms with Gasteiger partial charge in [-0.2, -0.15) is 13.2 Å². The summed E-state index contributed by atoms with van der Waals surface area (Å²) >= 11 is 4.34. The van der Waals surface area contributed by atoms with E-state index in [4.69, 9.17) is 0 Å². The number of thioether (sulfide) groups is 1. The van der Waals surface area contributed by atoms with E-state index in [9.17, 15) is 18.0 Å². The van der Waals surface area contributed by atoms with Crippen LogP contribution in [0.2, 0.25) is 0 Å². The Hall–Kier alpha value is -1.54. The van der Waals surface area contributed by atoms with Crippen LogP contribution in [0.4, 0.5) is 19.0 Å². The van der Waals surface area contributed by atoms with E-state index in [1.165, 1.54) is 6.07 Å². The first-order valence-corrected chi connectivity index (χ1v) is 11.5. The Bertz CT molecular complexity index is 852. The molecule has 1 N–H and O–H groups in total. The SMILES string of the molecule is CSc1ccc(C(CC2CCCC2)C(=O)Nc2ccc(Br)cn2)cc1C(F)(F)F. The molecule has 1 heterocycles. The van der Waals surface area contributed by atoms with E-state index < -0.39 is 17.7 Å². The molecule has 0 bridgehead atoms. The minimum atomic E-state index is -4.46. The molecule has 1 aromatic heterocycles. The van der Waals surface area contributed by atoms with Gasteiger partial charge in [-0.25, -0.2) is 4.98 Å². The molecule has 1 amide bonds. The average Bonchev–Trinajstić information content (AvgIpc) is 3.20. The number of hydrogen-bond donors (Lipinski definition) is 1. The van der Waals surface area contributed by atoms with Gasteiger partial charge in [-0.15, -0.1) is 11.8 Å². The smallest absolute Gasteiger partial charge is 0.310 e. The van der Waals surface area contributed by atoms with Crippen LogP contribution in [0.1, 0.15) is 49.1 Å². The van der Waals surface area contributed by atoms with E-state index >= 15 is 0 Å². The fourth-order valence-electron chi connectivity index (χ4n) is 3.80. The molecular weight excluding hydrogens is 465 g/mol. The van der Waals surface area contributed by atoms with Gasteiger partial charge in [0.15, 0.2) is 0 Å². The average molecular weight is 487 g/mol. The van der Waals surface area contributed by atoms with Gasteiger partial charge >= 0.3 is 6.18 Å². The van der Waals surface area contributed by atoms with E-state index in [1.807, 2.05) is 0 Å². The van der Waals surface area contributed by atoms with Gasteiger partial charge in [0.1, 0.15) is 5.82 Å². The molecule has 3 rings (SSSR count). The molecule has 29 heavy (non-hydrogen) atoms. The second kappa shape index (κ2) is 9.51. The normalized spacial score (nSPS) is 16.0. The number of nitrogens with zero attached hydrogens (tertiary/aromatic N) is 1. The fourth-order valence-corrected chi connectivity index (χ4v) is 4.63. The van der Waals surface area contributed by atoms with Crippen molar-refractivity contribution in [2.24, 2.45) is 5.92 Å². The van der Waals surface area contributed by atoms with Crippen molar-refractivity contribution in [2.75, 3.05) is 11.6 Å². The Morgan fingerprint density at radius 3 is 2.59 bits per heavy atom. The molecule has 2 aromatic rings. The topological polar surface area (TPSA) is 42.0 Å². The summed E-state index contributed by atoms with van der Waals surface area (Å²) in [4.78, 5) is 17.4. The van der Waals surface area contributed by atoms with Crippen molar-refractivity contribution in [1.82, 2.24) is 4.98 Å². The summed E-state index contributed by atoms with van der Waals surface area (Å²) in [7, 11) is 0. The molecule has 3 nitrogen and oxygen atoms in total. The maximum Gasteiger partial charge on any atom is 0.417 e. The van der Waals surface area contributed by atoms with Crippen molar-refractivity contribution >= 4 is 39.4 Å². The van der Waals surface area contributed by atoms with Crippen LogP contribution in [0.5, 0.6) is 0 Å². The van der Waals surface area contributed by atoms with Crippen molar-refractivity contribution in [3.05, 3.63) is 52.1 Å². The maximum absolute atomic E-state index is 13.5. The molecule has 1 aromatic carbocycles. The van der Waals surface area contributed by atoms with E-state index in [0.717, 1.165) is 48.0 Å². The van der Waals surface area contributed by atoms with Crippen molar-refractivity contribution in [2.45, 2.75) is 49.1 Å². The molecule has 1 aliphatic carbocycles. The zero-order chi connectivity index (χ0) is 21.0. The lowest BCUT2D eigenvalue weighted by Gasteiger charge is -2.22. The van der Waals surface area contributed by atoms with Crippen LogP contribution in [0, 0.1) is 5.92 Å². The summed E-state index contributed by atoms with van der Waals surface area (Å²) in [6.45, 7) is 0.